The summed E-state index contributed by atoms with van der Waals surface area (Å²) in [5.74, 6) is 0. The molecule has 0 aliphatic rings. The van der Waals surface area contributed by atoms with Crippen LogP contribution >= 0.6 is 23.2 Å². The summed E-state index contributed by atoms with van der Waals surface area (Å²) < 4.78 is 26.5. The van der Waals surface area contributed by atoms with Gasteiger partial charge in [-0.2, -0.15) is 0 Å². The van der Waals surface area contributed by atoms with Crippen molar-refractivity contribution in [2.24, 2.45) is 0 Å². The highest BCUT2D eigenvalue weighted by molar-refractivity contribution is 7.92. The van der Waals surface area contributed by atoms with Gasteiger partial charge >= 0.3 is 0 Å². The fraction of sp³-hybridized carbons (Fsp3) is 0. The number of anilines is 1. The highest BCUT2D eigenvalue weighted by atomic mass is 35.5. The Labute approximate surface area is 115 Å². The lowest BCUT2D eigenvalue weighted by Gasteiger charge is -2.08. The second kappa shape index (κ2) is 5.18. The average Bonchev–Trinajstić information content (AvgIpc) is 2.33. The number of nitrogens with one attached hydrogen (secondary N) is 1. The van der Waals surface area contributed by atoms with E-state index in [1.807, 2.05) is 0 Å². The van der Waals surface area contributed by atoms with E-state index in [1.165, 1.54) is 18.2 Å². The van der Waals surface area contributed by atoms with E-state index in [0.717, 1.165) is 0 Å². The third kappa shape index (κ3) is 2.96. The molecule has 0 saturated carbocycles. The maximum absolute atomic E-state index is 12.0. The fourth-order valence-electron chi connectivity index (χ4n) is 1.31. The molecule has 0 aromatic heterocycles. The Balaban J connectivity index is 2.34. The highest BCUT2D eigenvalue weighted by Crippen LogP contribution is 2.25. The van der Waals surface area contributed by atoms with E-state index in [2.05, 4.69) is 10.8 Å². The van der Waals surface area contributed by atoms with Crippen molar-refractivity contribution >= 4 is 38.9 Å². The molecular weight excluding hydrogens is 293 g/mol. The minimum Gasteiger partial charge on any atom is -0.280 e. The SMILES string of the molecule is O=S(=O)(Nc1cc[c]cc1)c1ccc(Cl)c(Cl)c1. The van der Waals surface area contributed by atoms with E-state index < -0.39 is 10.0 Å². The molecule has 0 saturated heterocycles. The Morgan fingerprint density at radius 1 is 1.00 bits per heavy atom. The summed E-state index contributed by atoms with van der Waals surface area (Å²) in [6.07, 6.45) is 0. The van der Waals surface area contributed by atoms with Crippen LogP contribution in [0.4, 0.5) is 5.69 Å². The second-order valence-corrected chi connectivity index (χ2v) is 5.97. The molecule has 0 heterocycles. The fourth-order valence-corrected chi connectivity index (χ4v) is 2.76. The van der Waals surface area contributed by atoms with Crippen LogP contribution in [0, 0.1) is 6.07 Å². The Hall–Kier alpha value is -1.23. The maximum Gasteiger partial charge on any atom is 0.261 e. The first-order chi connectivity index (χ1) is 8.49. The summed E-state index contributed by atoms with van der Waals surface area (Å²) in [6.45, 7) is 0. The second-order valence-electron chi connectivity index (χ2n) is 3.47. The lowest BCUT2D eigenvalue weighted by molar-refractivity contribution is 0.601. The van der Waals surface area contributed by atoms with Crippen molar-refractivity contribution in [3.8, 4) is 0 Å². The summed E-state index contributed by atoms with van der Waals surface area (Å²) >= 11 is 11.5. The molecule has 93 valence electrons. The van der Waals surface area contributed by atoms with Crippen molar-refractivity contribution in [3.63, 3.8) is 0 Å². The van der Waals surface area contributed by atoms with Crippen LogP contribution in [-0.4, -0.2) is 8.42 Å². The van der Waals surface area contributed by atoms with Gasteiger partial charge in [-0.25, -0.2) is 8.42 Å². The van der Waals surface area contributed by atoms with E-state index in [9.17, 15) is 8.42 Å². The Morgan fingerprint density at radius 2 is 1.67 bits per heavy atom. The van der Waals surface area contributed by atoms with Gasteiger partial charge in [0.25, 0.3) is 10.0 Å². The highest BCUT2D eigenvalue weighted by Gasteiger charge is 2.15. The molecule has 0 atom stereocenters. The molecule has 1 N–H and O–H groups in total. The Morgan fingerprint density at radius 3 is 2.28 bits per heavy atom. The molecule has 0 unspecified atom stereocenters. The zero-order chi connectivity index (χ0) is 13.2. The van der Waals surface area contributed by atoms with Gasteiger partial charge in [-0.05, 0) is 36.4 Å². The smallest absolute Gasteiger partial charge is 0.261 e. The van der Waals surface area contributed by atoms with Crippen molar-refractivity contribution in [2.45, 2.75) is 4.90 Å². The summed E-state index contributed by atoms with van der Waals surface area (Å²) in [6, 6.07) is 13.4. The molecule has 2 aromatic rings. The number of halogens is 2. The number of rotatable bonds is 3. The van der Waals surface area contributed by atoms with Gasteiger partial charge < -0.3 is 0 Å². The van der Waals surface area contributed by atoms with Crippen LogP contribution in [-0.2, 0) is 10.0 Å². The number of hydrogen-bond donors (Lipinski definition) is 1. The van der Waals surface area contributed by atoms with E-state index in [4.69, 9.17) is 23.2 Å². The molecule has 0 aliphatic carbocycles. The molecule has 2 rings (SSSR count). The number of hydrogen-bond acceptors (Lipinski definition) is 2. The molecule has 0 aliphatic heterocycles. The Bertz CT molecular complexity index is 657. The predicted molar refractivity (Wildman–Crippen MR) is 72.5 cm³/mol. The topological polar surface area (TPSA) is 46.2 Å². The van der Waals surface area contributed by atoms with Crippen LogP contribution in [0.15, 0.2) is 47.4 Å². The number of sulfonamides is 1. The van der Waals surface area contributed by atoms with Gasteiger partial charge in [0, 0.05) is 5.69 Å². The summed E-state index contributed by atoms with van der Waals surface area (Å²) in [5.41, 5.74) is 0.458. The maximum atomic E-state index is 12.0. The lowest BCUT2D eigenvalue weighted by atomic mass is 10.3. The molecule has 0 amide bonds. The number of benzene rings is 2. The third-order valence-electron chi connectivity index (χ3n) is 2.17. The van der Waals surface area contributed by atoms with Crippen LogP contribution in [0.2, 0.25) is 10.0 Å². The van der Waals surface area contributed by atoms with Crippen molar-refractivity contribution in [1.82, 2.24) is 0 Å². The molecule has 6 heteroatoms. The quantitative estimate of drug-likeness (QED) is 0.941. The van der Waals surface area contributed by atoms with E-state index in [-0.39, 0.29) is 9.92 Å². The minimum atomic E-state index is -3.66. The largest absolute Gasteiger partial charge is 0.280 e. The van der Waals surface area contributed by atoms with Crippen molar-refractivity contribution in [2.75, 3.05) is 4.72 Å². The van der Waals surface area contributed by atoms with Gasteiger partial charge in [-0.3, -0.25) is 4.72 Å². The van der Waals surface area contributed by atoms with Crippen LogP contribution in [0.1, 0.15) is 0 Å². The van der Waals surface area contributed by atoms with E-state index in [0.29, 0.717) is 10.7 Å². The summed E-state index contributed by atoms with van der Waals surface area (Å²) in [4.78, 5) is 0.0599. The summed E-state index contributed by atoms with van der Waals surface area (Å²) in [5, 5.41) is 0.505. The molecule has 2 aromatic carbocycles. The van der Waals surface area contributed by atoms with Crippen LogP contribution < -0.4 is 4.72 Å². The standard InChI is InChI=1S/C12H8Cl2NO2S/c13-11-7-6-10(8-12(11)14)18(16,17)15-9-4-2-1-3-5-9/h2-8,15H. The van der Waals surface area contributed by atoms with Gasteiger partial charge in [0.05, 0.1) is 14.9 Å². The van der Waals surface area contributed by atoms with E-state index >= 15 is 0 Å². The van der Waals surface area contributed by atoms with Gasteiger partial charge in [0.15, 0.2) is 0 Å². The van der Waals surface area contributed by atoms with Crippen molar-refractivity contribution < 1.29 is 8.42 Å². The normalized spacial score (nSPS) is 11.2. The molecule has 0 spiro atoms. The van der Waals surface area contributed by atoms with Gasteiger partial charge in [0.2, 0.25) is 0 Å². The van der Waals surface area contributed by atoms with Crippen molar-refractivity contribution in [3.05, 3.63) is 58.6 Å². The summed E-state index contributed by atoms with van der Waals surface area (Å²) in [7, 11) is -3.66. The first-order valence-corrected chi connectivity index (χ1v) is 7.17. The van der Waals surface area contributed by atoms with E-state index in [1.54, 1.807) is 24.3 Å². The van der Waals surface area contributed by atoms with Crippen molar-refractivity contribution in [1.29, 1.82) is 0 Å². The first kappa shape index (κ1) is 13.2. The predicted octanol–water partition coefficient (Wildman–Crippen LogP) is 3.59. The van der Waals surface area contributed by atoms with Gasteiger partial charge in [0.1, 0.15) is 0 Å². The molecule has 0 fully saturated rings. The first-order valence-electron chi connectivity index (χ1n) is 4.93. The molecule has 18 heavy (non-hydrogen) atoms. The zero-order valence-corrected chi connectivity index (χ0v) is 11.4. The molecule has 0 bridgehead atoms. The monoisotopic (exact) mass is 300 g/mol. The van der Waals surface area contributed by atoms with Crippen LogP contribution in [0.5, 0.6) is 0 Å². The Kier molecular flexibility index (Phi) is 3.80. The zero-order valence-electron chi connectivity index (χ0n) is 9.02. The molecule has 3 nitrogen and oxygen atoms in total. The van der Waals surface area contributed by atoms with Crippen LogP contribution in [0.25, 0.3) is 0 Å². The third-order valence-corrected chi connectivity index (χ3v) is 4.29. The molecule has 1 radical (unpaired) electrons. The average molecular weight is 301 g/mol. The van der Waals surface area contributed by atoms with Crippen LogP contribution in [0.3, 0.4) is 0 Å². The van der Waals surface area contributed by atoms with Gasteiger partial charge in [-0.15, -0.1) is 0 Å². The lowest BCUT2D eigenvalue weighted by Crippen LogP contribution is -2.12. The minimum absolute atomic E-state index is 0.0599. The molecular formula is C12H8Cl2NO2S. The van der Waals surface area contributed by atoms with Gasteiger partial charge in [-0.1, -0.05) is 35.3 Å².